The molecule has 0 spiro atoms. The lowest BCUT2D eigenvalue weighted by molar-refractivity contribution is -0.136. The number of aryl methyl sites for hydroxylation is 1. The average Bonchev–Trinajstić information content (AvgIpc) is 2.43. The molecule has 1 aromatic rings. The van der Waals surface area contributed by atoms with Crippen LogP contribution in [0.3, 0.4) is 0 Å². The number of carboxylic acid groups (broad SMARTS) is 1. The van der Waals surface area contributed by atoms with Gasteiger partial charge in [0, 0.05) is 23.8 Å². The molecule has 1 aliphatic carbocycles. The number of phenols is 1. The second-order valence-electron chi connectivity index (χ2n) is 7.31. The van der Waals surface area contributed by atoms with Crippen LogP contribution in [0.5, 0.6) is 11.5 Å². The van der Waals surface area contributed by atoms with Gasteiger partial charge < -0.3 is 14.9 Å². The lowest BCUT2D eigenvalue weighted by Crippen LogP contribution is -2.45. The standard InChI is InChI=1S/C19H24O4/c1-11-4-6-14-13(8-11)18-15(20)9-12(5-7-17(21)22)10-16(18)23-19(14,2)3/h8-10,13-14,20H,4-7H2,1-3H3,(H,21,22). The Morgan fingerprint density at radius 1 is 1.39 bits per heavy atom. The van der Waals surface area contributed by atoms with Gasteiger partial charge in [-0.1, -0.05) is 11.6 Å². The summed E-state index contributed by atoms with van der Waals surface area (Å²) in [6, 6.07) is 3.59. The molecule has 0 saturated heterocycles. The molecule has 1 aliphatic heterocycles. The molecule has 0 fully saturated rings. The molecule has 4 heteroatoms. The molecule has 2 atom stereocenters. The van der Waals surface area contributed by atoms with Gasteiger partial charge in [-0.2, -0.15) is 0 Å². The third kappa shape index (κ3) is 2.94. The van der Waals surface area contributed by atoms with Crippen LogP contribution in [0, 0.1) is 5.92 Å². The molecule has 0 amide bonds. The van der Waals surface area contributed by atoms with E-state index in [1.807, 2.05) is 6.07 Å². The van der Waals surface area contributed by atoms with Crippen molar-refractivity contribution in [3.8, 4) is 11.5 Å². The van der Waals surface area contributed by atoms with Crippen molar-refractivity contribution < 1.29 is 19.7 Å². The SMILES string of the molecule is CC1=CC2c3c(O)cc(CCC(=O)O)cc3OC(C)(C)C2CC1. The maximum Gasteiger partial charge on any atom is 0.303 e. The van der Waals surface area contributed by atoms with Gasteiger partial charge in [0.2, 0.25) is 0 Å². The minimum Gasteiger partial charge on any atom is -0.507 e. The fourth-order valence-electron chi connectivity index (χ4n) is 3.97. The van der Waals surface area contributed by atoms with Crippen molar-refractivity contribution in [3.05, 3.63) is 34.9 Å². The van der Waals surface area contributed by atoms with Crippen LogP contribution in [0.1, 0.15) is 57.1 Å². The zero-order valence-electron chi connectivity index (χ0n) is 13.9. The molecule has 124 valence electrons. The van der Waals surface area contributed by atoms with Gasteiger partial charge in [0.05, 0.1) is 0 Å². The van der Waals surface area contributed by atoms with Gasteiger partial charge in [-0.15, -0.1) is 0 Å². The van der Waals surface area contributed by atoms with Crippen LogP contribution in [-0.4, -0.2) is 21.8 Å². The molecule has 4 nitrogen and oxygen atoms in total. The third-order valence-electron chi connectivity index (χ3n) is 5.15. The molecular formula is C19H24O4. The Kier molecular flexibility index (Phi) is 3.86. The lowest BCUT2D eigenvalue weighted by Gasteiger charge is -2.46. The highest BCUT2D eigenvalue weighted by atomic mass is 16.5. The van der Waals surface area contributed by atoms with Crippen molar-refractivity contribution in [2.45, 2.75) is 58.0 Å². The first-order valence-electron chi connectivity index (χ1n) is 8.22. The van der Waals surface area contributed by atoms with E-state index in [0.717, 1.165) is 24.0 Å². The molecule has 0 saturated carbocycles. The van der Waals surface area contributed by atoms with Crippen molar-refractivity contribution in [2.24, 2.45) is 5.92 Å². The Hall–Kier alpha value is -1.97. The zero-order valence-corrected chi connectivity index (χ0v) is 13.9. The summed E-state index contributed by atoms with van der Waals surface area (Å²) in [5.41, 5.74) is 2.71. The van der Waals surface area contributed by atoms with Gasteiger partial charge in [0.1, 0.15) is 17.1 Å². The molecule has 23 heavy (non-hydrogen) atoms. The van der Waals surface area contributed by atoms with E-state index in [0.29, 0.717) is 18.1 Å². The van der Waals surface area contributed by atoms with Gasteiger partial charge in [0.15, 0.2) is 0 Å². The van der Waals surface area contributed by atoms with E-state index in [1.54, 1.807) is 6.07 Å². The molecule has 3 rings (SSSR count). The van der Waals surface area contributed by atoms with Crippen molar-refractivity contribution in [1.29, 1.82) is 0 Å². The maximum absolute atomic E-state index is 10.8. The van der Waals surface area contributed by atoms with E-state index in [9.17, 15) is 9.90 Å². The highest BCUT2D eigenvalue weighted by Gasteiger charge is 2.45. The summed E-state index contributed by atoms with van der Waals surface area (Å²) in [5, 5.41) is 19.4. The summed E-state index contributed by atoms with van der Waals surface area (Å²) in [7, 11) is 0. The highest BCUT2D eigenvalue weighted by Crippen LogP contribution is 2.53. The van der Waals surface area contributed by atoms with Crippen molar-refractivity contribution >= 4 is 5.97 Å². The van der Waals surface area contributed by atoms with Crippen LogP contribution >= 0.6 is 0 Å². The Bertz CT molecular complexity index is 672. The number of ether oxygens (including phenoxy) is 1. The first kappa shape index (κ1) is 15.9. The fraction of sp³-hybridized carbons (Fsp3) is 0.526. The van der Waals surface area contributed by atoms with Crippen LogP contribution in [0.25, 0.3) is 0 Å². The van der Waals surface area contributed by atoms with Crippen molar-refractivity contribution in [2.75, 3.05) is 0 Å². The summed E-state index contributed by atoms with van der Waals surface area (Å²) < 4.78 is 6.22. The molecule has 1 aromatic carbocycles. The van der Waals surface area contributed by atoms with E-state index in [2.05, 4.69) is 26.8 Å². The Labute approximate surface area is 136 Å². The molecule has 0 bridgehead atoms. The number of aromatic hydroxyl groups is 1. The molecule has 0 aromatic heterocycles. The number of phenolic OH excluding ortho intramolecular Hbond substituents is 1. The summed E-state index contributed by atoms with van der Waals surface area (Å²) in [4.78, 5) is 10.8. The predicted octanol–water partition coefficient (Wildman–Crippen LogP) is 4.02. The Balaban J connectivity index is 2.04. The van der Waals surface area contributed by atoms with Crippen LogP contribution in [-0.2, 0) is 11.2 Å². The van der Waals surface area contributed by atoms with E-state index in [4.69, 9.17) is 9.84 Å². The minimum absolute atomic E-state index is 0.0483. The zero-order chi connectivity index (χ0) is 16.8. The second kappa shape index (κ2) is 5.59. The van der Waals surface area contributed by atoms with Crippen LogP contribution in [0.15, 0.2) is 23.8 Å². The summed E-state index contributed by atoms with van der Waals surface area (Å²) in [5.74, 6) is 0.585. The van der Waals surface area contributed by atoms with Gasteiger partial charge in [-0.05, 0) is 57.7 Å². The molecular weight excluding hydrogens is 292 g/mol. The number of hydrogen-bond acceptors (Lipinski definition) is 3. The smallest absolute Gasteiger partial charge is 0.303 e. The summed E-state index contributed by atoms with van der Waals surface area (Å²) >= 11 is 0. The average molecular weight is 316 g/mol. The van der Waals surface area contributed by atoms with Crippen molar-refractivity contribution in [3.63, 3.8) is 0 Å². The number of benzene rings is 1. The highest BCUT2D eigenvalue weighted by molar-refractivity contribution is 5.67. The van der Waals surface area contributed by atoms with Gasteiger partial charge in [-0.25, -0.2) is 0 Å². The molecule has 2 unspecified atom stereocenters. The predicted molar refractivity (Wildman–Crippen MR) is 88.0 cm³/mol. The van der Waals surface area contributed by atoms with Gasteiger partial charge >= 0.3 is 5.97 Å². The Morgan fingerprint density at radius 3 is 2.83 bits per heavy atom. The Morgan fingerprint density at radius 2 is 2.13 bits per heavy atom. The third-order valence-corrected chi connectivity index (χ3v) is 5.15. The quantitative estimate of drug-likeness (QED) is 0.827. The maximum atomic E-state index is 10.8. The number of fused-ring (bicyclic) bond motifs is 3. The van der Waals surface area contributed by atoms with E-state index >= 15 is 0 Å². The molecule has 2 N–H and O–H groups in total. The van der Waals surface area contributed by atoms with Crippen LogP contribution < -0.4 is 4.74 Å². The minimum atomic E-state index is -0.839. The second-order valence-corrected chi connectivity index (χ2v) is 7.31. The molecule has 1 heterocycles. The largest absolute Gasteiger partial charge is 0.507 e. The first-order chi connectivity index (χ1) is 10.8. The van der Waals surface area contributed by atoms with Crippen molar-refractivity contribution in [1.82, 2.24) is 0 Å². The topological polar surface area (TPSA) is 66.8 Å². The summed E-state index contributed by atoms with van der Waals surface area (Å²) in [6.45, 7) is 6.34. The van der Waals surface area contributed by atoms with Gasteiger partial charge in [0.25, 0.3) is 0 Å². The number of carbonyl (C=O) groups is 1. The lowest BCUT2D eigenvalue weighted by atomic mass is 9.68. The fourth-order valence-corrected chi connectivity index (χ4v) is 3.97. The first-order valence-corrected chi connectivity index (χ1v) is 8.22. The number of rotatable bonds is 3. The number of allylic oxidation sites excluding steroid dienone is 2. The van der Waals surface area contributed by atoms with E-state index < -0.39 is 5.97 Å². The number of aliphatic carboxylic acids is 1. The monoisotopic (exact) mass is 316 g/mol. The number of carboxylic acids is 1. The van der Waals surface area contributed by atoms with Crippen LogP contribution in [0.2, 0.25) is 0 Å². The number of hydrogen-bond donors (Lipinski definition) is 2. The normalized spacial score (nSPS) is 24.9. The van der Waals surface area contributed by atoms with Gasteiger partial charge in [-0.3, -0.25) is 4.79 Å². The van der Waals surface area contributed by atoms with Crippen LogP contribution in [0.4, 0.5) is 0 Å². The summed E-state index contributed by atoms with van der Waals surface area (Å²) in [6.07, 6.45) is 4.82. The molecule has 2 aliphatic rings. The van der Waals surface area contributed by atoms with E-state index in [-0.39, 0.29) is 23.7 Å². The molecule has 0 radical (unpaired) electrons. The van der Waals surface area contributed by atoms with E-state index in [1.165, 1.54) is 5.57 Å².